The Kier molecular flexibility index (Phi) is 5.25. The average Bonchev–Trinajstić information content (AvgIpc) is 2.62. The normalized spacial score (nSPS) is 15.2. The number of benzene rings is 1. The molecule has 0 unspecified atom stereocenters. The Bertz CT molecular complexity index is 777. The van der Waals surface area contributed by atoms with Crippen LogP contribution in [-0.4, -0.2) is 51.8 Å². The Morgan fingerprint density at radius 3 is 2.48 bits per heavy atom. The molecule has 0 atom stereocenters. The van der Waals surface area contributed by atoms with E-state index in [0.717, 1.165) is 0 Å². The van der Waals surface area contributed by atoms with Gasteiger partial charge in [-0.2, -0.15) is 0 Å². The quantitative estimate of drug-likeness (QED) is 0.618. The molecule has 0 N–H and O–H groups in total. The lowest BCUT2D eigenvalue weighted by molar-refractivity contribution is -0.385. The maximum Gasteiger partial charge on any atom is 0.273 e. The number of carbonyl (C=O) groups is 1. The molecule has 0 bridgehead atoms. The summed E-state index contributed by atoms with van der Waals surface area (Å²) in [4.78, 5) is 31.0. The van der Waals surface area contributed by atoms with Crippen LogP contribution in [0, 0.1) is 10.1 Å². The summed E-state index contributed by atoms with van der Waals surface area (Å²) in [6.45, 7) is 2.90. The molecule has 0 spiro atoms. The topological polar surface area (TPSA) is 79.6 Å². The minimum atomic E-state index is -0.394. The first kappa shape index (κ1) is 17.3. The molecular formula is C17H17ClN4O3. The molecule has 1 amide bonds. The second-order valence-corrected chi connectivity index (χ2v) is 6.27. The fraction of sp³-hybridized carbons (Fsp3) is 0.294. The molecule has 1 fully saturated rings. The first-order valence-electron chi connectivity index (χ1n) is 7.89. The molecule has 2 aromatic rings. The highest BCUT2D eigenvalue weighted by Gasteiger charge is 2.24. The van der Waals surface area contributed by atoms with Crippen LogP contribution in [0.1, 0.15) is 15.9 Å². The molecule has 7 nitrogen and oxygen atoms in total. The largest absolute Gasteiger partial charge is 0.336 e. The van der Waals surface area contributed by atoms with Gasteiger partial charge in [-0.25, -0.2) is 0 Å². The summed E-state index contributed by atoms with van der Waals surface area (Å²) < 4.78 is 0. The van der Waals surface area contributed by atoms with Crippen molar-refractivity contribution in [3.05, 3.63) is 69.0 Å². The highest BCUT2D eigenvalue weighted by Crippen LogP contribution is 2.24. The van der Waals surface area contributed by atoms with Crippen LogP contribution in [-0.2, 0) is 6.54 Å². The third-order valence-corrected chi connectivity index (χ3v) is 4.45. The third kappa shape index (κ3) is 4.12. The Labute approximate surface area is 150 Å². The molecule has 0 radical (unpaired) electrons. The van der Waals surface area contributed by atoms with Gasteiger partial charge >= 0.3 is 0 Å². The van der Waals surface area contributed by atoms with Gasteiger partial charge in [0.05, 0.1) is 4.92 Å². The number of nitro benzene ring substituents is 1. The number of amides is 1. The smallest absolute Gasteiger partial charge is 0.273 e. The molecule has 1 aliphatic rings. The summed E-state index contributed by atoms with van der Waals surface area (Å²) in [6.07, 6.45) is 3.20. The first-order valence-corrected chi connectivity index (χ1v) is 8.27. The molecule has 1 aliphatic heterocycles. The van der Waals surface area contributed by atoms with Gasteiger partial charge < -0.3 is 4.90 Å². The third-order valence-electron chi connectivity index (χ3n) is 4.22. The van der Waals surface area contributed by atoms with Crippen LogP contribution in [0.4, 0.5) is 5.69 Å². The standard InChI is InChI=1S/C17H17ClN4O3/c18-15-1-2-16(22(24)25)14(11-15)12-20-7-9-21(10-8-20)17(23)13-3-5-19-6-4-13/h1-6,11H,7-10,12H2. The fourth-order valence-electron chi connectivity index (χ4n) is 2.89. The highest BCUT2D eigenvalue weighted by molar-refractivity contribution is 6.30. The van der Waals surface area contributed by atoms with Crippen LogP contribution in [0.5, 0.6) is 0 Å². The number of nitro groups is 1. The van der Waals surface area contributed by atoms with E-state index in [4.69, 9.17) is 11.6 Å². The zero-order valence-electron chi connectivity index (χ0n) is 13.5. The summed E-state index contributed by atoms with van der Waals surface area (Å²) in [5.74, 6) is -0.0178. The number of hydrogen-bond donors (Lipinski definition) is 0. The Morgan fingerprint density at radius 1 is 1.16 bits per heavy atom. The molecular weight excluding hydrogens is 344 g/mol. The van der Waals surface area contributed by atoms with E-state index in [1.807, 2.05) is 0 Å². The van der Waals surface area contributed by atoms with Crippen molar-refractivity contribution in [1.29, 1.82) is 0 Å². The molecule has 130 valence electrons. The van der Waals surface area contributed by atoms with E-state index in [-0.39, 0.29) is 11.6 Å². The summed E-state index contributed by atoms with van der Waals surface area (Å²) in [6, 6.07) is 7.98. The number of halogens is 1. The second-order valence-electron chi connectivity index (χ2n) is 5.83. The molecule has 8 heteroatoms. The summed E-state index contributed by atoms with van der Waals surface area (Å²) in [7, 11) is 0. The number of hydrogen-bond acceptors (Lipinski definition) is 5. The predicted molar refractivity (Wildman–Crippen MR) is 93.5 cm³/mol. The number of piperazine rings is 1. The van der Waals surface area contributed by atoms with Crippen molar-refractivity contribution < 1.29 is 9.72 Å². The number of nitrogens with zero attached hydrogens (tertiary/aromatic N) is 4. The lowest BCUT2D eigenvalue weighted by Crippen LogP contribution is -2.48. The lowest BCUT2D eigenvalue weighted by Gasteiger charge is -2.34. The number of aromatic nitrogens is 1. The number of pyridine rings is 1. The van der Waals surface area contributed by atoms with Gasteiger partial charge in [-0.1, -0.05) is 11.6 Å². The average molecular weight is 361 g/mol. The van der Waals surface area contributed by atoms with Crippen LogP contribution < -0.4 is 0 Å². The Hall–Kier alpha value is -2.51. The van der Waals surface area contributed by atoms with Gasteiger partial charge in [0.1, 0.15) is 0 Å². The van der Waals surface area contributed by atoms with Crippen molar-refractivity contribution >= 4 is 23.2 Å². The Balaban J connectivity index is 1.63. The zero-order valence-corrected chi connectivity index (χ0v) is 14.2. The van der Waals surface area contributed by atoms with Gasteiger partial charge in [-0.3, -0.25) is 24.8 Å². The van der Waals surface area contributed by atoms with Crippen LogP contribution in [0.3, 0.4) is 0 Å². The van der Waals surface area contributed by atoms with Crippen molar-refractivity contribution in [2.24, 2.45) is 0 Å². The first-order chi connectivity index (χ1) is 12.0. The minimum absolute atomic E-state index is 0.0178. The molecule has 3 rings (SSSR count). The van der Waals surface area contributed by atoms with Crippen molar-refractivity contribution in [2.75, 3.05) is 26.2 Å². The zero-order chi connectivity index (χ0) is 17.8. The van der Waals surface area contributed by atoms with Crippen LogP contribution in [0.25, 0.3) is 0 Å². The Morgan fingerprint density at radius 2 is 1.84 bits per heavy atom. The van der Waals surface area contributed by atoms with E-state index in [2.05, 4.69) is 9.88 Å². The van der Waals surface area contributed by atoms with Gasteiger partial charge in [-0.05, 0) is 24.3 Å². The molecule has 2 heterocycles. The molecule has 1 aromatic carbocycles. The van der Waals surface area contributed by atoms with E-state index in [0.29, 0.717) is 48.9 Å². The van der Waals surface area contributed by atoms with Crippen molar-refractivity contribution in [2.45, 2.75) is 6.54 Å². The van der Waals surface area contributed by atoms with Crippen LogP contribution >= 0.6 is 11.6 Å². The highest BCUT2D eigenvalue weighted by atomic mass is 35.5. The van der Waals surface area contributed by atoms with Gasteiger partial charge in [0.15, 0.2) is 0 Å². The predicted octanol–water partition coefficient (Wildman–Crippen LogP) is 2.60. The van der Waals surface area contributed by atoms with Crippen molar-refractivity contribution in [3.63, 3.8) is 0 Å². The second kappa shape index (κ2) is 7.58. The van der Waals surface area contributed by atoms with E-state index >= 15 is 0 Å². The van der Waals surface area contributed by atoms with Gasteiger partial charge in [0.2, 0.25) is 0 Å². The maximum absolute atomic E-state index is 12.4. The van der Waals surface area contributed by atoms with Gasteiger partial charge in [0.25, 0.3) is 11.6 Å². The lowest BCUT2D eigenvalue weighted by atomic mass is 10.1. The summed E-state index contributed by atoms with van der Waals surface area (Å²) in [5.41, 5.74) is 1.28. The molecule has 1 saturated heterocycles. The summed E-state index contributed by atoms with van der Waals surface area (Å²) in [5, 5.41) is 11.6. The minimum Gasteiger partial charge on any atom is -0.336 e. The van der Waals surface area contributed by atoms with Crippen LogP contribution in [0.2, 0.25) is 5.02 Å². The van der Waals surface area contributed by atoms with Gasteiger partial charge in [0, 0.05) is 67.3 Å². The van der Waals surface area contributed by atoms with E-state index in [9.17, 15) is 14.9 Å². The summed E-state index contributed by atoms with van der Waals surface area (Å²) >= 11 is 5.97. The molecule has 25 heavy (non-hydrogen) atoms. The van der Waals surface area contributed by atoms with E-state index < -0.39 is 4.92 Å². The van der Waals surface area contributed by atoms with Gasteiger partial charge in [-0.15, -0.1) is 0 Å². The maximum atomic E-state index is 12.4. The SMILES string of the molecule is O=C(c1ccncc1)N1CCN(Cc2cc(Cl)ccc2[N+](=O)[O-])CC1. The van der Waals surface area contributed by atoms with Crippen molar-refractivity contribution in [1.82, 2.24) is 14.8 Å². The molecule has 0 saturated carbocycles. The van der Waals surface area contributed by atoms with E-state index in [1.54, 1.807) is 35.5 Å². The number of rotatable bonds is 4. The molecule has 1 aromatic heterocycles. The van der Waals surface area contributed by atoms with Crippen LogP contribution in [0.15, 0.2) is 42.7 Å². The monoisotopic (exact) mass is 360 g/mol. The van der Waals surface area contributed by atoms with Crippen molar-refractivity contribution in [3.8, 4) is 0 Å². The fourth-order valence-corrected chi connectivity index (χ4v) is 3.08. The number of carbonyl (C=O) groups excluding carboxylic acids is 1. The van der Waals surface area contributed by atoms with E-state index in [1.165, 1.54) is 12.1 Å². The molecule has 0 aliphatic carbocycles.